The van der Waals surface area contributed by atoms with Crippen LogP contribution in [0, 0.1) is 5.92 Å². The number of carbonyl (C=O) groups excluding carboxylic acids is 2. The molecule has 11 nitrogen and oxygen atoms in total. The highest BCUT2D eigenvalue weighted by Crippen LogP contribution is 2.22. The van der Waals surface area contributed by atoms with E-state index in [9.17, 15) is 9.59 Å². The molecule has 0 spiro atoms. The second kappa shape index (κ2) is 9.98. The fourth-order valence-corrected chi connectivity index (χ4v) is 2.31. The first-order valence-electron chi connectivity index (χ1n) is 7.49. The molecule has 0 radical (unpaired) electrons. The lowest BCUT2D eigenvalue weighted by Gasteiger charge is -2.33. The van der Waals surface area contributed by atoms with Crippen molar-refractivity contribution in [3.63, 3.8) is 0 Å². The Balaban J connectivity index is 2.92. The van der Waals surface area contributed by atoms with Crippen molar-refractivity contribution in [2.75, 3.05) is 26.2 Å². The second-order valence-electron chi connectivity index (χ2n) is 5.07. The number of rotatable bonds is 9. The third-order valence-electron chi connectivity index (χ3n) is 3.47. The molecule has 0 aliphatic carbocycles. The molecule has 1 aliphatic rings. The first-order chi connectivity index (χ1) is 11.5. The maximum absolute atomic E-state index is 12.0. The average molecular weight is 336 g/mol. The molecule has 0 unspecified atom stereocenters. The van der Waals surface area contributed by atoms with E-state index in [0.29, 0.717) is 0 Å². The lowest BCUT2D eigenvalue weighted by molar-refractivity contribution is -0.143. The predicted molar refractivity (Wildman–Crippen MR) is 85.5 cm³/mol. The molecule has 0 aromatic rings. The molecule has 1 rings (SSSR count). The number of carbonyl (C=O) groups is 2. The molecule has 0 bridgehead atoms. The zero-order valence-corrected chi connectivity index (χ0v) is 13.6. The summed E-state index contributed by atoms with van der Waals surface area (Å²) in [6.07, 6.45) is 1.68. The van der Waals surface area contributed by atoms with Crippen molar-refractivity contribution in [2.24, 2.45) is 16.1 Å². The molecule has 0 aromatic heterocycles. The Kier molecular flexibility index (Phi) is 7.97. The van der Waals surface area contributed by atoms with E-state index in [4.69, 9.17) is 15.8 Å². The highest BCUT2D eigenvalue weighted by Gasteiger charge is 2.28. The minimum atomic E-state index is -0.390. The lowest BCUT2D eigenvalue weighted by atomic mass is 9.93. The monoisotopic (exact) mass is 336 g/mol. The number of amides is 2. The van der Waals surface area contributed by atoms with Crippen LogP contribution in [0.15, 0.2) is 22.0 Å². The van der Waals surface area contributed by atoms with Gasteiger partial charge in [-0.1, -0.05) is 10.2 Å². The Morgan fingerprint density at radius 1 is 1.42 bits per heavy atom. The Morgan fingerprint density at radius 2 is 2.04 bits per heavy atom. The van der Waals surface area contributed by atoms with Crippen LogP contribution < -0.4 is 5.32 Å². The van der Waals surface area contributed by atoms with Gasteiger partial charge in [-0.3, -0.25) is 4.79 Å². The van der Waals surface area contributed by atoms with Gasteiger partial charge in [0.1, 0.15) is 0 Å². The summed E-state index contributed by atoms with van der Waals surface area (Å²) in [4.78, 5) is 30.3. The van der Waals surface area contributed by atoms with Gasteiger partial charge in [0.25, 0.3) is 0 Å². The van der Waals surface area contributed by atoms with E-state index in [1.807, 2.05) is 0 Å². The minimum Gasteiger partial charge on any atom is -0.466 e. The predicted octanol–water partition coefficient (Wildman–Crippen LogP) is 2.47. The number of ether oxygens (including phenoxy) is 1. The SMILES string of the molecule is CCOC(=O)CCN1C=C(C(CN=[N+]=[N-])CN=[N+]=[N-])[C@@H](C)NC1=O. The highest BCUT2D eigenvalue weighted by atomic mass is 16.5. The number of urea groups is 1. The van der Waals surface area contributed by atoms with Crippen molar-refractivity contribution in [2.45, 2.75) is 26.3 Å². The van der Waals surface area contributed by atoms with Crippen LogP contribution in [0.1, 0.15) is 20.3 Å². The van der Waals surface area contributed by atoms with Crippen molar-refractivity contribution in [1.82, 2.24) is 10.2 Å². The molecule has 0 fully saturated rings. The molecule has 24 heavy (non-hydrogen) atoms. The molecular weight excluding hydrogens is 316 g/mol. The zero-order valence-electron chi connectivity index (χ0n) is 13.6. The molecule has 1 atom stereocenters. The van der Waals surface area contributed by atoms with Gasteiger partial charge < -0.3 is 15.0 Å². The number of esters is 1. The summed E-state index contributed by atoms with van der Waals surface area (Å²) in [6, 6.07) is -0.633. The Labute approximate surface area is 138 Å². The lowest BCUT2D eigenvalue weighted by Crippen LogP contribution is -2.49. The first-order valence-corrected chi connectivity index (χ1v) is 7.49. The summed E-state index contributed by atoms with van der Waals surface area (Å²) in [7, 11) is 0. The topological polar surface area (TPSA) is 156 Å². The molecule has 130 valence electrons. The van der Waals surface area contributed by atoms with Crippen molar-refractivity contribution >= 4 is 12.0 Å². The summed E-state index contributed by atoms with van der Waals surface area (Å²) in [5.41, 5.74) is 17.8. The van der Waals surface area contributed by atoms with Crippen LogP contribution in [-0.2, 0) is 9.53 Å². The van der Waals surface area contributed by atoms with Gasteiger partial charge in [0.15, 0.2) is 0 Å². The van der Waals surface area contributed by atoms with Crippen LogP contribution in [0.3, 0.4) is 0 Å². The van der Waals surface area contributed by atoms with E-state index in [2.05, 4.69) is 25.4 Å². The van der Waals surface area contributed by atoms with Gasteiger partial charge in [0.2, 0.25) is 0 Å². The summed E-state index contributed by atoms with van der Waals surface area (Å²) in [5.74, 6) is -0.726. The number of nitrogens with zero attached hydrogens (tertiary/aromatic N) is 7. The highest BCUT2D eigenvalue weighted by molar-refractivity contribution is 5.78. The van der Waals surface area contributed by atoms with E-state index in [0.717, 1.165) is 5.57 Å². The fourth-order valence-electron chi connectivity index (χ4n) is 2.31. The Morgan fingerprint density at radius 3 is 2.58 bits per heavy atom. The summed E-state index contributed by atoms with van der Waals surface area (Å²) >= 11 is 0. The van der Waals surface area contributed by atoms with Gasteiger partial charge >= 0.3 is 12.0 Å². The maximum Gasteiger partial charge on any atom is 0.321 e. The van der Waals surface area contributed by atoms with E-state index in [1.165, 1.54) is 4.90 Å². The van der Waals surface area contributed by atoms with Gasteiger partial charge in [-0.2, -0.15) is 0 Å². The molecule has 2 amide bonds. The largest absolute Gasteiger partial charge is 0.466 e. The zero-order chi connectivity index (χ0) is 17.9. The van der Waals surface area contributed by atoms with Crippen LogP contribution in [0.4, 0.5) is 4.79 Å². The summed E-state index contributed by atoms with van der Waals surface area (Å²) < 4.78 is 4.84. The van der Waals surface area contributed by atoms with Crippen LogP contribution >= 0.6 is 0 Å². The van der Waals surface area contributed by atoms with Gasteiger partial charge in [0, 0.05) is 35.7 Å². The van der Waals surface area contributed by atoms with Crippen molar-refractivity contribution in [1.29, 1.82) is 0 Å². The van der Waals surface area contributed by atoms with Crippen LogP contribution in [0.5, 0.6) is 0 Å². The molecule has 0 aromatic carbocycles. The third kappa shape index (κ3) is 5.71. The van der Waals surface area contributed by atoms with E-state index in [-0.39, 0.29) is 50.7 Å². The second-order valence-corrected chi connectivity index (χ2v) is 5.07. The van der Waals surface area contributed by atoms with Crippen molar-refractivity contribution in [3.8, 4) is 0 Å². The minimum absolute atomic E-state index is 0.0663. The number of hydrogen-bond donors (Lipinski definition) is 1. The van der Waals surface area contributed by atoms with Crippen molar-refractivity contribution in [3.05, 3.63) is 32.7 Å². The summed E-state index contributed by atoms with van der Waals surface area (Å²) in [6.45, 7) is 4.15. The van der Waals surface area contributed by atoms with Crippen molar-refractivity contribution < 1.29 is 14.3 Å². The van der Waals surface area contributed by atoms with E-state index >= 15 is 0 Å². The van der Waals surface area contributed by atoms with Crippen LogP contribution in [0.25, 0.3) is 20.9 Å². The Bertz CT molecular complexity index is 572. The normalized spacial score (nSPS) is 17.8. The molecule has 11 heteroatoms. The smallest absolute Gasteiger partial charge is 0.321 e. The van der Waals surface area contributed by atoms with Gasteiger partial charge in [-0.25, -0.2) is 4.79 Å². The van der Waals surface area contributed by atoms with Crippen LogP contribution in [-0.4, -0.2) is 49.2 Å². The quantitative estimate of drug-likeness (QED) is 0.297. The third-order valence-corrected chi connectivity index (χ3v) is 3.47. The molecule has 1 N–H and O–H groups in total. The average Bonchev–Trinajstić information content (AvgIpc) is 2.55. The van der Waals surface area contributed by atoms with E-state index < -0.39 is 5.97 Å². The number of azide groups is 2. The molecule has 1 aliphatic heterocycles. The van der Waals surface area contributed by atoms with Gasteiger partial charge in [-0.15, -0.1) is 0 Å². The molecule has 0 saturated heterocycles. The number of hydrogen-bond acceptors (Lipinski definition) is 5. The van der Waals surface area contributed by atoms with Crippen LogP contribution in [0.2, 0.25) is 0 Å². The molecular formula is C13H20N8O3. The Hall–Kier alpha value is -2.90. The first kappa shape index (κ1) is 19.1. The number of nitrogens with one attached hydrogen (secondary N) is 1. The molecule has 1 heterocycles. The standard InChI is InChI=1S/C13H20N8O3/c1-3-24-12(22)4-5-21-8-11(9(2)18-13(21)23)10(6-16-19-14)7-17-20-15/h8-10H,3-7H2,1-2H3,(H,18,23)/t9-/m1/s1. The summed E-state index contributed by atoms with van der Waals surface area (Å²) in [5, 5.41) is 9.82. The van der Waals surface area contributed by atoms with Gasteiger partial charge in [-0.05, 0) is 36.4 Å². The van der Waals surface area contributed by atoms with Gasteiger partial charge in [0.05, 0.1) is 19.1 Å². The van der Waals surface area contributed by atoms with E-state index in [1.54, 1.807) is 20.0 Å². The molecule has 0 saturated carbocycles. The fraction of sp³-hybridized carbons (Fsp3) is 0.692. The maximum atomic E-state index is 12.0.